The topological polar surface area (TPSA) is 74.2 Å². The van der Waals surface area contributed by atoms with Crippen LogP contribution in [0, 0.1) is 11.8 Å². The van der Waals surface area contributed by atoms with Crippen LogP contribution in [-0.4, -0.2) is 23.8 Å². The minimum atomic E-state index is -0.127. The van der Waals surface area contributed by atoms with Crippen molar-refractivity contribution < 1.29 is 9.26 Å². The van der Waals surface area contributed by atoms with Crippen molar-refractivity contribution in [1.82, 2.24) is 10.1 Å². The van der Waals surface area contributed by atoms with Crippen molar-refractivity contribution in [3.05, 3.63) is 11.7 Å². The van der Waals surface area contributed by atoms with Crippen molar-refractivity contribution in [3.63, 3.8) is 0 Å². The Bertz CT molecular complexity index is 306. The SMILES string of the molecule is COC(c1noc(C(CN)C(C)C)n1)C(C)C. The molecule has 0 saturated heterocycles. The summed E-state index contributed by atoms with van der Waals surface area (Å²) in [4.78, 5) is 4.41. The molecule has 0 aliphatic rings. The minimum absolute atomic E-state index is 0.112. The number of nitrogens with two attached hydrogens (primary N) is 1. The van der Waals surface area contributed by atoms with Crippen LogP contribution < -0.4 is 5.73 Å². The molecule has 1 aromatic rings. The fourth-order valence-corrected chi connectivity index (χ4v) is 1.85. The maximum absolute atomic E-state index is 5.72. The molecule has 0 spiro atoms. The van der Waals surface area contributed by atoms with E-state index < -0.39 is 0 Å². The molecule has 0 amide bonds. The third-order valence-corrected chi connectivity index (χ3v) is 2.95. The number of rotatable bonds is 6. The first-order chi connectivity index (χ1) is 8.01. The lowest BCUT2D eigenvalue weighted by Gasteiger charge is -2.15. The zero-order chi connectivity index (χ0) is 13.0. The second kappa shape index (κ2) is 6.12. The van der Waals surface area contributed by atoms with Gasteiger partial charge in [-0.3, -0.25) is 0 Å². The molecular weight excluding hydrogens is 218 g/mol. The average Bonchev–Trinajstić information content (AvgIpc) is 2.68. The Labute approximate surface area is 103 Å². The van der Waals surface area contributed by atoms with E-state index in [2.05, 4.69) is 37.8 Å². The van der Waals surface area contributed by atoms with Gasteiger partial charge in [0.25, 0.3) is 0 Å². The van der Waals surface area contributed by atoms with Crippen molar-refractivity contribution in [2.45, 2.75) is 39.7 Å². The lowest BCUT2D eigenvalue weighted by Crippen LogP contribution is -2.18. The molecule has 0 aliphatic heterocycles. The Kier molecular flexibility index (Phi) is 5.08. The Morgan fingerprint density at radius 2 is 1.88 bits per heavy atom. The number of hydrogen-bond acceptors (Lipinski definition) is 5. The fraction of sp³-hybridized carbons (Fsp3) is 0.833. The first kappa shape index (κ1) is 14.1. The molecule has 2 N–H and O–H groups in total. The van der Waals surface area contributed by atoms with Crippen molar-refractivity contribution in [2.75, 3.05) is 13.7 Å². The van der Waals surface area contributed by atoms with Gasteiger partial charge < -0.3 is 15.0 Å². The second-order valence-corrected chi connectivity index (χ2v) is 4.98. The van der Waals surface area contributed by atoms with Gasteiger partial charge in [-0.2, -0.15) is 4.98 Å². The molecule has 5 heteroatoms. The predicted octanol–water partition coefficient (Wildman–Crippen LogP) is 2.11. The van der Waals surface area contributed by atoms with Crippen LogP contribution in [0.25, 0.3) is 0 Å². The standard InChI is InChI=1S/C12H23N3O2/c1-7(2)9(6-13)12-14-11(15-17-12)10(16-5)8(3)4/h7-10H,6,13H2,1-5H3. The Balaban J connectivity index is 2.90. The lowest BCUT2D eigenvalue weighted by molar-refractivity contribution is 0.0555. The van der Waals surface area contributed by atoms with Gasteiger partial charge in [0.2, 0.25) is 11.7 Å². The van der Waals surface area contributed by atoms with Gasteiger partial charge in [0.05, 0.1) is 5.92 Å². The van der Waals surface area contributed by atoms with Gasteiger partial charge in [0.1, 0.15) is 6.10 Å². The number of hydrogen-bond donors (Lipinski definition) is 1. The normalized spacial score (nSPS) is 15.5. The molecule has 0 aliphatic carbocycles. The summed E-state index contributed by atoms with van der Waals surface area (Å²) in [7, 11) is 1.66. The molecule has 2 unspecified atom stereocenters. The summed E-state index contributed by atoms with van der Waals surface area (Å²) < 4.78 is 10.7. The van der Waals surface area contributed by atoms with Crippen LogP contribution in [0.1, 0.15) is 51.4 Å². The molecule has 0 bridgehead atoms. The van der Waals surface area contributed by atoms with Gasteiger partial charge in [-0.1, -0.05) is 32.9 Å². The fourth-order valence-electron chi connectivity index (χ4n) is 1.85. The highest BCUT2D eigenvalue weighted by atomic mass is 16.5. The molecule has 17 heavy (non-hydrogen) atoms. The van der Waals surface area contributed by atoms with Crippen LogP contribution in [0.5, 0.6) is 0 Å². The predicted molar refractivity (Wildman–Crippen MR) is 65.5 cm³/mol. The van der Waals surface area contributed by atoms with Crippen LogP contribution in [0.2, 0.25) is 0 Å². The van der Waals surface area contributed by atoms with Gasteiger partial charge in [-0.05, 0) is 11.8 Å². The van der Waals surface area contributed by atoms with Crippen molar-refractivity contribution in [3.8, 4) is 0 Å². The molecule has 0 fully saturated rings. The van der Waals surface area contributed by atoms with E-state index in [0.29, 0.717) is 30.1 Å². The van der Waals surface area contributed by atoms with E-state index in [-0.39, 0.29) is 12.0 Å². The Morgan fingerprint density at radius 3 is 2.29 bits per heavy atom. The largest absolute Gasteiger partial charge is 0.373 e. The number of nitrogens with zero attached hydrogens (tertiary/aromatic N) is 2. The first-order valence-corrected chi connectivity index (χ1v) is 6.07. The van der Waals surface area contributed by atoms with Crippen LogP contribution in [0.15, 0.2) is 4.52 Å². The number of methoxy groups -OCH3 is 1. The summed E-state index contributed by atoms with van der Waals surface area (Å²) >= 11 is 0. The van der Waals surface area contributed by atoms with E-state index in [4.69, 9.17) is 15.0 Å². The number of aromatic nitrogens is 2. The quantitative estimate of drug-likeness (QED) is 0.825. The van der Waals surface area contributed by atoms with Gasteiger partial charge in [-0.15, -0.1) is 0 Å². The molecule has 1 heterocycles. The van der Waals surface area contributed by atoms with Gasteiger partial charge in [0, 0.05) is 13.7 Å². The van der Waals surface area contributed by atoms with Crippen molar-refractivity contribution in [1.29, 1.82) is 0 Å². The zero-order valence-corrected chi connectivity index (χ0v) is 11.3. The van der Waals surface area contributed by atoms with E-state index in [0.717, 1.165) is 0 Å². The molecule has 0 aromatic carbocycles. The summed E-state index contributed by atoms with van der Waals surface area (Å²) in [6.45, 7) is 8.83. The highest BCUT2D eigenvalue weighted by molar-refractivity contribution is 4.99. The summed E-state index contributed by atoms with van der Waals surface area (Å²) in [5, 5.41) is 3.99. The summed E-state index contributed by atoms with van der Waals surface area (Å²) in [5.74, 6) is 2.02. The summed E-state index contributed by atoms with van der Waals surface area (Å²) in [5.41, 5.74) is 5.72. The highest BCUT2D eigenvalue weighted by Crippen LogP contribution is 2.26. The molecule has 98 valence electrons. The molecule has 0 saturated carbocycles. The molecule has 0 radical (unpaired) electrons. The molecule has 2 atom stereocenters. The third-order valence-electron chi connectivity index (χ3n) is 2.95. The van der Waals surface area contributed by atoms with E-state index in [1.165, 1.54) is 0 Å². The van der Waals surface area contributed by atoms with Crippen molar-refractivity contribution in [2.24, 2.45) is 17.6 Å². The molecule has 5 nitrogen and oxygen atoms in total. The second-order valence-electron chi connectivity index (χ2n) is 4.98. The maximum Gasteiger partial charge on any atom is 0.231 e. The monoisotopic (exact) mass is 241 g/mol. The van der Waals surface area contributed by atoms with Crippen LogP contribution >= 0.6 is 0 Å². The smallest absolute Gasteiger partial charge is 0.231 e. The Hall–Kier alpha value is -0.940. The van der Waals surface area contributed by atoms with Crippen LogP contribution in [-0.2, 0) is 4.74 Å². The minimum Gasteiger partial charge on any atom is -0.373 e. The van der Waals surface area contributed by atoms with Crippen molar-refractivity contribution >= 4 is 0 Å². The van der Waals surface area contributed by atoms with E-state index in [1.54, 1.807) is 7.11 Å². The Morgan fingerprint density at radius 1 is 1.24 bits per heavy atom. The van der Waals surface area contributed by atoms with Gasteiger partial charge >= 0.3 is 0 Å². The summed E-state index contributed by atoms with van der Waals surface area (Å²) in [6.07, 6.45) is -0.127. The van der Waals surface area contributed by atoms with E-state index >= 15 is 0 Å². The molecule has 1 aromatic heterocycles. The van der Waals surface area contributed by atoms with Crippen LogP contribution in [0.4, 0.5) is 0 Å². The zero-order valence-electron chi connectivity index (χ0n) is 11.3. The lowest BCUT2D eigenvalue weighted by atomic mass is 9.96. The van der Waals surface area contributed by atoms with E-state index in [1.807, 2.05) is 0 Å². The summed E-state index contributed by atoms with van der Waals surface area (Å²) in [6, 6.07) is 0. The third kappa shape index (κ3) is 3.26. The van der Waals surface area contributed by atoms with Crippen LogP contribution in [0.3, 0.4) is 0 Å². The van der Waals surface area contributed by atoms with Gasteiger partial charge in [-0.25, -0.2) is 0 Å². The maximum atomic E-state index is 5.72. The molecule has 1 rings (SSSR count). The molecular formula is C12H23N3O2. The first-order valence-electron chi connectivity index (χ1n) is 6.07. The highest BCUT2D eigenvalue weighted by Gasteiger charge is 2.25. The number of ether oxygens (including phenoxy) is 1. The average molecular weight is 241 g/mol. The van der Waals surface area contributed by atoms with E-state index in [9.17, 15) is 0 Å². The van der Waals surface area contributed by atoms with Gasteiger partial charge in [0.15, 0.2) is 0 Å².